The first-order valence-corrected chi connectivity index (χ1v) is 7.00. The Morgan fingerprint density at radius 3 is 2.71 bits per heavy atom. The molecule has 0 spiro atoms. The number of amides is 1. The fraction of sp³-hybridized carbons (Fsp3) is 0.833. The van der Waals surface area contributed by atoms with E-state index in [1.54, 1.807) is 0 Å². The molecule has 0 aromatic rings. The van der Waals surface area contributed by atoms with Crippen LogP contribution in [0.5, 0.6) is 0 Å². The normalized spacial score (nSPS) is 37.7. The summed E-state index contributed by atoms with van der Waals surface area (Å²) < 4.78 is -0.431. The minimum Gasteiger partial charge on any atom is -0.393 e. The van der Waals surface area contributed by atoms with Crippen LogP contribution in [0.15, 0.2) is 4.99 Å². The molecule has 1 fully saturated rings. The van der Waals surface area contributed by atoms with Gasteiger partial charge in [0.15, 0.2) is 5.17 Å². The summed E-state index contributed by atoms with van der Waals surface area (Å²) in [6, 6.07) is 0.263. The Bertz CT molecular complexity index is 356. The van der Waals surface area contributed by atoms with E-state index in [9.17, 15) is 9.90 Å². The van der Waals surface area contributed by atoms with Crippen LogP contribution in [-0.4, -0.2) is 33.1 Å². The van der Waals surface area contributed by atoms with E-state index in [-0.39, 0.29) is 24.0 Å². The molecule has 3 atom stereocenters. The summed E-state index contributed by atoms with van der Waals surface area (Å²) in [6.07, 6.45) is 2.34. The van der Waals surface area contributed by atoms with Crippen molar-refractivity contribution in [2.45, 2.75) is 56.9 Å². The first kappa shape index (κ1) is 12.9. The molecular formula is C12H20N2O2S. The zero-order valence-electron chi connectivity index (χ0n) is 10.6. The van der Waals surface area contributed by atoms with Crippen molar-refractivity contribution in [1.29, 1.82) is 0 Å². The van der Waals surface area contributed by atoms with E-state index in [2.05, 4.69) is 10.3 Å². The SMILES string of the molecule is CC(C)[C@@]1(C)SC(N[C@H]2CC[C@H](O)C2)=NC1=O. The Labute approximate surface area is 106 Å². The van der Waals surface area contributed by atoms with Crippen LogP contribution in [0.3, 0.4) is 0 Å². The Kier molecular flexibility index (Phi) is 3.50. The summed E-state index contributed by atoms with van der Waals surface area (Å²) in [5, 5.41) is 13.5. The zero-order valence-corrected chi connectivity index (χ0v) is 11.4. The standard InChI is InChI=1S/C12H20N2O2S/c1-7(2)12(3)10(16)14-11(17-12)13-8-4-5-9(15)6-8/h7-9,15H,4-6H2,1-3H3,(H,13,14,16)/t8-,9-,12+/m0/s1. The van der Waals surface area contributed by atoms with Gasteiger partial charge in [0.25, 0.3) is 5.91 Å². The molecule has 1 amide bonds. The Morgan fingerprint density at radius 2 is 2.24 bits per heavy atom. The lowest BCUT2D eigenvalue weighted by Crippen LogP contribution is -2.35. The summed E-state index contributed by atoms with van der Waals surface area (Å²) >= 11 is 1.52. The summed E-state index contributed by atoms with van der Waals surface area (Å²) in [5.41, 5.74) is 0. The highest BCUT2D eigenvalue weighted by atomic mass is 32.2. The van der Waals surface area contributed by atoms with Crippen molar-refractivity contribution in [3.8, 4) is 0 Å². The van der Waals surface area contributed by atoms with Gasteiger partial charge >= 0.3 is 0 Å². The van der Waals surface area contributed by atoms with Crippen molar-refractivity contribution in [3.63, 3.8) is 0 Å². The van der Waals surface area contributed by atoms with Crippen molar-refractivity contribution < 1.29 is 9.90 Å². The molecule has 2 N–H and O–H groups in total. The van der Waals surface area contributed by atoms with Gasteiger partial charge in [-0.25, -0.2) is 0 Å². The van der Waals surface area contributed by atoms with Gasteiger partial charge in [-0.2, -0.15) is 4.99 Å². The number of thioether (sulfide) groups is 1. The van der Waals surface area contributed by atoms with Crippen molar-refractivity contribution in [3.05, 3.63) is 0 Å². The minimum atomic E-state index is -0.431. The number of hydrogen-bond acceptors (Lipinski definition) is 4. The lowest BCUT2D eigenvalue weighted by molar-refractivity contribution is -0.120. The predicted octanol–water partition coefficient (Wildman–Crippen LogP) is 1.53. The van der Waals surface area contributed by atoms with Gasteiger partial charge in [0.1, 0.15) is 4.75 Å². The zero-order chi connectivity index (χ0) is 12.6. The molecule has 0 aromatic heterocycles. The smallest absolute Gasteiger partial charge is 0.264 e. The lowest BCUT2D eigenvalue weighted by Gasteiger charge is -2.24. The maximum absolute atomic E-state index is 11.9. The van der Waals surface area contributed by atoms with Crippen LogP contribution in [-0.2, 0) is 4.79 Å². The second kappa shape index (κ2) is 4.61. The molecule has 0 saturated heterocycles. The Morgan fingerprint density at radius 1 is 1.53 bits per heavy atom. The number of carbonyl (C=O) groups is 1. The quantitative estimate of drug-likeness (QED) is 0.786. The highest BCUT2D eigenvalue weighted by Gasteiger charge is 2.44. The van der Waals surface area contributed by atoms with Crippen LogP contribution in [0.2, 0.25) is 0 Å². The van der Waals surface area contributed by atoms with Crippen LogP contribution in [0, 0.1) is 5.92 Å². The number of carbonyl (C=O) groups excluding carboxylic acids is 1. The minimum absolute atomic E-state index is 0.0430. The van der Waals surface area contributed by atoms with Gasteiger partial charge < -0.3 is 10.4 Å². The molecule has 17 heavy (non-hydrogen) atoms. The van der Waals surface area contributed by atoms with E-state index in [0.717, 1.165) is 24.4 Å². The number of nitrogens with one attached hydrogen (secondary N) is 1. The maximum atomic E-state index is 11.9. The van der Waals surface area contributed by atoms with Crippen molar-refractivity contribution in [2.24, 2.45) is 10.9 Å². The fourth-order valence-corrected chi connectivity index (χ4v) is 3.28. The van der Waals surface area contributed by atoms with E-state index >= 15 is 0 Å². The number of amidine groups is 1. The Balaban J connectivity index is 1.97. The van der Waals surface area contributed by atoms with Gasteiger partial charge in [0.2, 0.25) is 0 Å². The van der Waals surface area contributed by atoms with E-state index in [1.165, 1.54) is 11.8 Å². The second-order valence-corrected chi connectivity index (χ2v) is 6.83. The van der Waals surface area contributed by atoms with Crippen LogP contribution >= 0.6 is 11.8 Å². The molecule has 0 bridgehead atoms. The third-order valence-electron chi connectivity index (χ3n) is 3.77. The first-order valence-electron chi connectivity index (χ1n) is 6.18. The molecule has 1 saturated carbocycles. The number of nitrogens with zero attached hydrogens (tertiary/aromatic N) is 1. The molecule has 0 unspecified atom stereocenters. The van der Waals surface area contributed by atoms with Crippen molar-refractivity contribution in [1.82, 2.24) is 5.32 Å². The van der Waals surface area contributed by atoms with Crippen LogP contribution in [0.1, 0.15) is 40.0 Å². The molecule has 0 radical (unpaired) electrons. The molecule has 0 aromatic carbocycles. The van der Waals surface area contributed by atoms with Crippen LogP contribution < -0.4 is 5.32 Å². The highest BCUT2D eigenvalue weighted by Crippen LogP contribution is 2.39. The Hall–Kier alpha value is -0.550. The topological polar surface area (TPSA) is 61.7 Å². The van der Waals surface area contributed by atoms with E-state index in [1.807, 2.05) is 20.8 Å². The summed E-state index contributed by atoms with van der Waals surface area (Å²) in [7, 11) is 0. The molecule has 2 aliphatic rings. The lowest BCUT2D eigenvalue weighted by atomic mass is 9.96. The third-order valence-corrected chi connectivity index (χ3v) is 5.24. The molecule has 1 aliphatic heterocycles. The highest BCUT2D eigenvalue weighted by molar-refractivity contribution is 8.16. The average Bonchev–Trinajstić information content (AvgIpc) is 2.74. The molecule has 4 nitrogen and oxygen atoms in total. The van der Waals surface area contributed by atoms with Gasteiger partial charge in [0, 0.05) is 6.04 Å². The monoisotopic (exact) mass is 256 g/mol. The van der Waals surface area contributed by atoms with Gasteiger partial charge in [0.05, 0.1) is 6.10 Å². The molecular weight excluding hydrogens is 236 g/mol. The number of aliphatic imine (C=N–C) groups is 1. The summed E-state index contributed by atoms with van der Waals surface area (Å²) in [6.45, 7) is 6.04. The van der Waals surface area contributed by atoms with Crippen LogP contribution in [0.25, 0.3) is 0 Å². The van der Waals surface area contributed by atoms with E-state index in [4.69, 9.17) is 0 Å². The second-order valence-electron chi connectivity index (χ2n) is 5.39. The van der Waals surface area contributed by atoms with Gasteiger partial charge in [-0.05, 0) is 32.1 Å². The molecule has 5 heteroatoms. The molecule has 1 aliphatic carbocycles. The summed E-state index contributed by atoms with van der Waals surface area (Å²) in [5.74, 6) is 0.218. The summed E-state index contributed by atoms with van der Waals surface area (Å²) in [4.78, 5) is 16.0. The predicted molar refractivity (Wildman–Crippen MR) is 70.1 cm³/mol. The van der Waals surface area contributed by atoms with E-state index < -0.39 is 4.75 Å². The fourth-order valence-electron chi connectivity index (χ4n) is 2.16. The first-order chi connectivity index (χ1) is 7.91. The number of aliphatic hydroxyl groups excluding tert-OH is 1. The number of aliphatic hydroxyl groups is 1. The molecule has 96 valence electrons. The van der Waals surface area contributed by atoms with Crippen LogP contribution in [0.4, 0.5) is 0 Å². The number of hydrogen-bond donors (Lipinski definition) is 2. The number of rotatable bonds is 2. The van der Waals surface area contributed by atoms with Crippen molar-refractivity contribution >= 4 is 22.8 Å². The van der Waals surface area contributed by atoms with Gasteiger partial charge in [-0.15, -0.1) is 0 Å². The largest absolute Gasteiger partial charge is 0.393 e. The maximum Gasteiger partial charge on any atom is 0.264 e. The molecule has 1 heterocycles. The van der Waals surface area contributed by atoms with Crippen molar-refractivity contribution in [2.75, 3.05) is 0 Å². The third kappa shape index (κ3) is 2.50. The van der Waals surface area contributed by atoms with Gasteiger partial charge in [-0.3, -0.25) is 4.79 Å². The van der Waals surface area contributed by atoms with Gasteiger partial charge in [-0.1, -0.05) is 25.6 Å². The molecule has 2 rings (SSSR count). The average molecular weight is 256 g/mol. The van der Waals surface area contributed by atoms with E-state index in [0.29, 0.717) is 0 Å².